The highest BCUT2D eigenvalue weighted by molar-refractivity contribution is 5.94. The molecule has 0 saturated heterocycles. The Balaban J connectivity index is 1.28. The van der Waals surface area contributed by atoms with Crippen LogP contribution in [-0.4, -0.2) is 38.8 Å². The number of anilines is 1. The summed E-state index contributed by atoms with van der Waals surface area (Å²) in [5, 5.41) is 3.01. The van der Waals surface area contributed by atoms with Gasteiger partial charge in [-0.05, 0) is 49.1 Å². The van der Waals surface area contributed by atoms with Crippen molar-refractivity contribution in [3.05, 3.63) is 53.6 Å². The first-order valence-electron chi connectivity index (χ1n) is 9.32. The van der Waals surface area contributed by atoms with Crippen molar-refractivity contribution in [3.63, 3.8) is 0 Å². The molecule has 0 spiro atoms. The summed E-state index contributed by atoms with van der Waals surface area (Å²) in [6, 6.07) is 14.0. The molecular formula is C21H24N2O3. The molecule has 0 radical (unpaired) electrons. The number of aryl methyl sites for hydroxylation is 1. The predicted octanol–water partition coefficient (Wildman–Crippen LogP) is 3.03. The van der Waals surface area contributed by atoms with Crippen LogP contribution in [0.25, 0.3) is 0 Å². The van der Waals surface area contributed by atoms with E-state index in [0.29, 0.717) is 36.8 Å². The summed E-state index contributed by atoms with van der Waals surface area (Å²) in [7, 11) is 0. The van der Waals surface area contributed by atoms with Crippen LogP contribution in [0.4, 0.5) is 5.69 Å². The lowest BCUT2D eigenvalue weighted by molar-refractivity contribution is 0.0952. The van der Waals surface area contributed by atoms with Gasteiger partial charge in [0, 0.05) is 30.9 Å². The molecule has 5 nitrogen and oxygen atoms in total. The Hall–Kier alpha value is -2.69. The summed E-state index contributed by atoms with van der Waals surface area (Å²) < 4.78 is 11.0. The first-order chi connectivity index (χ1) is 12.8. The van der Waals surface area contributed by atoms with E-state index in [1.54, 1.807) is 18.2 Å². The van der Waals surface area contributed by atoms with Crippen LogP contribution in [0.5, 0.6) is 11.5 Å². The topological polar surface area (TPSA) is 50.8 Å². The van der Waals surface area contributed by atoms with Gasteiger partial charge in [-0.1, -0.05) is 18.2 Å². The van der Waals surface area contributed by atoms with Gasteiger partial charge in [0.25, 0.3) is 5.91 Å². The number of ether oxygens (including phenoxy) is 2. The lowest BCUT2D eigenvalue weighted by Gasteiger charge is -2.31. The quantitative estimate of drug-likeness (QED) is 0.841. The minimum atomic E-state index is -0.0685. The number of nitrogens with zero attached hydrogens (tertiary/aromatic N) is 1. The molecule has 26 heavy (non-hydrogen) atoms. The third kappa shape index (κ3) is 3.62. The van der Waals surface area contributed by atoms with Crippen molar-refractivity contribution < 1.29 is 14.3 Å². The molecule has 2 heterocycles. The Morgan fingerprint density at radius 3 is 2.85 bits per heavy atom. The van der Waals surface area contributed by atoms with Crippen molar-refractivity contribution in [2.75, 3.05) is 37.7 Å². The highest BCUT2D eigenvalue weighted by Crippen LogP contribution is 2.30. The average molecular weight is 352 g/mol. The fraction of sp³-hybridized carbons (Fsp3) is 0.381. The summed E-state index contributed by atoms with van der Waals surface area (Å²) >= 11 is 0. The van der Waals surface area contributed by atoms with E-state index in [-0.39, 0.29) is 5.91 Å². The van der Waals surface area contributed by atoms with Crippen molar-refractivity contribution in [3.8, 4) is 11.5 Å². The van der Waals surface area contributed by atoms with Gasteiger partial charge >= 0.3 is 0 Å². The Kier molecular flexibility index (Phi) is 4.95. The standard InChI is InChI=1S/C21H24N2O3/c24-21(17-8-9-19-20(15-17)26-14-13-25-19)22-10-4-12-23-11-3-6-16-5-1-2-7-18(16)23/h1-2,5,7-9,15H,3-4,6,10-14H2,(H,22,24). The number of amides is 1. The third-order valence-electron chi connectivity index (χ3n) is 4.90. The summed E-state index contributed by atoms with van der Waals surface area (Å²) in [5.41, 5.74) is 3.38. The smallest absolute Gasteiger partial charge is 0.251 e. The van der Waals surface area contributed by atoms with Crippen LogP contribution in [0.15, 0.2) is 42.5 Å². The highest BCUT2D eigenvalue weighted by atomic mass is 16.6. The van der Waals surface area contributed by atoms with Gasteiger partial charge in [0.1, 0.15) is 13.2 Å². The zero-order valence-electron chi connectivity index (χ0n) is 14.9. The maximum atomic E-state index is 12.4. The molecule has 136 valence electrons. The van der Waals surface area contributed by atoms with Crippen molar-refractivity contribution >= 4 is 11.6 Å². The van der Waals surface area contributed by atoms with E-state index in [0.717, 1.165) is 25.9 Å². The minimum absolute atomic E-state index is 0.0685. The number of carbonyl (C=O) groups excluding carboxylic acids is 1. The molecule has 0 aromatic heterocycles. The molecule has 5 heteroatoms. The molecule has 0 atom stereocenters. The molecule has 0 saturated carbocycles. The van der Waals surface area contributed by atoms with Crippen LogP contribution >= 0.6 is 0 Å². The van der Waals surface area contributed by atoms with Crippen LogP contribution in [0, 0.1) is 0 Å². The van der Waals surface area contributed by atoms with Crippen molar-refractivity contribution in [1.29, 1.82) is 0 Å². The van der Waals surface area contributed by atoms with E-state index in [1.807, 2.05) is 0 Å². The highest BCUT2D eigenvalue weighted by Gasteiger charge is 2.17. The van der Waals surface area contributed by atoms with Gasteiger partial charge in [-0.2, -0.15) is 0 Å². The number of para-hydroxylation sites is 1. The molecular weight excluding hydrogens is 328 g/mol. The number of fused-ring (bicyclic) bond motifs is 2. The minimum Gasteiger partial charge on any atom is -0.486 e. The summed E-state index contributed by atoms with van der Waals surface area (Å²) in [4.78, 5) is 14.8. The summed E-state index contributed by atoms with van der Waals surface area (Å²) in [6.07, 6.45) is 3.28. The number of rotatable bonds is 5. The molecule has 0 aliphatic carbocycles. The van der Waals surface area contributed by atoms with Crippen molar-refractivity contribution in [2.24, 2.45) is 0 Å². The van der Waals surface area contributed by atoms with E-state index in [9.17, 15) is 4.79 Å². The van der Waals surface area contributed by atoms with E-state index in [4.69, 9.17) is 9.47 Å². The van der Waals surface area contributed by atoms with Crippen molar-refractivity contribution in [2.45, 2.75) is 19.3 Å². The predicted molar refractivity (Wildman–Crippen MR) is 101 cm³/mol. The van der Waals surface area contributed by atoms with Gasteiger partial charge in [0.15, 0.2) is 11.5 Å². The van der Waals surface area contributed by atoms with E-state index in [2.05, 4.69) is 34.5 Å². The lowest BCUT2D eigenvalue weighted by Crippen LogP contribution is -2.33. The second-order valence-corrected chi connectivity index (χ2v) is 6.69. The number of hydrogen-bond donors (Lipinski definition) is 1. The normalized spacial score (nSPS) is 15.3. The number of hydrogen-bond acceptors (Lipinski definition) is 4. The first kappa shape index (κ1) is 16.8. The van der Waals surface area contributed by atoms with Crippen LogP contribution in [0.3, 0.4) is 0 Å². The number of carbonyl (C=O) groups is 1. The third-order valence-corrected chi connectivity index (χ3v) is 4.90. The molecule has 2 aliphatic rings. The zero-order valence-corrected chi connectivity index (χ0v) is 14.9. The van der Waals surface area contributed by atoms with Crippen molar-refractivity contribution in [1.82, 2.24) is 5.32 Å². The molecule has 1 N–H and O–H groups in total. The molecule has 4 rings (SSSR count). The van der Waals surface area contributed by atoms with Gasteiger partial charge in [0.05, 0.1) is 0 Å². The number of benzene rings is 2. The van der Waals surface area contributed by atoms with Gasteiger partial charge in [0.2, 0.25) is 0 Å². The maximum Gasteiger partial charge on any atom is 0.251 e. The van der Waals surface area contributed by atoms with E-state index >= 15 is 0 Å². The Morgan fingerprint density at radius 2 is 1.92 bits per heavy atom. The van der Waals surface area contributed by atoms with Gasteiger partial charge in [-0.25, -0.2) is 0 Å². The fourth-order valence-electron chi connectivity index (χ4n) is 3.60. The molecule has 0 bridgehead atoms. The summed E-state index contributed by atoms with van der Waals surface area (Å²) in [5.74, 6) is 1.28. The summed E-state index contributed by atoms with van der Waals surface area (Å²) in [6.45, 7) is 3.78. The maximum absolute atomic E-state index is 12.4. The van der Waals surface area contributed by atoms with Crippen LogP contribution in [0.1, 0.15) is 28.8 Å². The zero-order chi connectivity index (χ0) is 17.8. The van der Waals surface area contributed by atoms with E-state index < -0.39 is 0 Å². The van der Waals surface area contributed by atoms with Gasteiger partial charge in [-0.3, -0.25) is 4.79 Å². The van der Waals surface area contributed by atoms with Crippen LogP contribution in [0.2, 0.25) is 0 Å². The SMILES string of the molecule is O=C(NCCCN1CCCc2ccccc21)c1ccc2c(c1)OCCO2. The van der Waals surface area contributed by atoms with Gasteiger partial charge in [-0.15, -0.1) is 0 Å². The monoisotopic (exact) mass is 352 g/mol. The molecule has 2 aliphatic heterocycles. The first-order valence-corrected chi connectivity index (χ1v) is 9.32. The Bertz CT molecular complexity index is 791. The molecule has 0 fully saturated rings. The van der Waals surface area contributed by atoms with Crippen LogP contribution < -0.4 is 19.7 Å². The average Bonchev–Trinajstić information content (AvgIpc) is 2.70. The second kappa shape index (κ2) is 7.68. The fourth-order valence-corrected chi connectivity index (χ4v) is 3.60. The molecule has 1 amide bonds. The number of nitrogens with one attached hydrogen (secondary N) is 1. The molecule has 0 unspecified atom stereocenters. The molecule has 2 aromatic rings. The van der Waals surface area contributed by atoms with E-state index in [1.165, 1.54) is 17.7 Å². The largest absolute Gasteiger partial charge is 0.486 e. The Morgan fingerprint density at radius 1 is 1.08 bits per heavy atom. The Labute approximate surface area is 153 Å². The van der Waals surface area contributed by atoms with Gasteiger partial charge < -0.3 is 19.7 Å². The van der Waals surface area contributed by atoms with Crippen LogP contribution in [-0.2, 0) is 6.42 Å². The molecule has 2 aromatic carbocycles. The second-order valence-electron chi connectivity index (χ2n) is 6.69. The lowest BCUT2D eigenvalue weighted by atomic mass is 10.0.